The lowest BCUT2D eigenvalue weighted by Gasteiger charge is -2.40. The zero-order valence-electron chi connectivity index (χ0n) is 16.0. The van der Waals surface area contributed by atoms with Crippen LogP contribution in [-0.4, -0.2) is 51.4 Å². The fourth-order valence-corrected chi connectivity index (χ4v) is 3.13. The molecule has 0 saturated carbocycles. The first-order chi connectivity index (χ1) is 11.4. The number of nitrogens with one attached hydrogen (secondary N) is 2. The molecule has 1 fully saturated rings. The summed E-state index contributed by atoms with van der Waals surface area (Å²) < 4.78 is 10.9. The van der Waals surface area contributed by atoms with Crippen LogP contribution in [-0.2, 0) is 14.3 Å². The van der Waals surface area contributed by atoms with Crippen molar-refractivity contribution in [2.75, 3.05) is 33.4 Å². The molecule has 0 spiro atoms. The highest BCUT2D eigenvalue weighted by Gasteiger charge is 2.35. The van der Waals surface area contributed by atoms with Crippen LogP contribution in [0, 0.1) is 11.3 Å². The van der Waals surface area contributed by atoms with Gasteiger partial charge < -0.3 is 20.1 Å². The maximum absolute atomic E-state index is 11.3. The average molecular weight is 341 g/mol. The fourth-order valence-electron chi connectivity index (χ4n) is 3.13. The largest absolute Gasteiger partial charge is 0.466 e. The average Bonchev–Trinajstić information content (AvgIpc) is 2.54. The number of carbonyl (C=O) groups is 1. The van der Waals surface area contributed by atoms with Gasteiger partial charge in [0.15, 0.2) is 5.96 Å². The third-order valence-electron chi connectivity index (χ3n) is 4.21. The first-order valence-electron chi connectivity index (χ1n) is 9.10. The Balaban J connectivity index is 2.33. The molecule has 1 aliphatic rings. The number of hydrogen-bond acceptors (Lipinski definition) is 4. The van der Waals surface area contributed by atoms with E-state index in [1.807, 2.05) is 6.92 Å². The van der Waals surface area contributed by atoms with Crippen molar-refractivity contribution >= 4 is 11.9 Å². The summed E-state index contributed by atoms with van der Waals surface area (Å²) in [6.45, 7) is 11.4. The minimum Gasteiger partial charge on any atom is -0.466 e. The van der Waals surface area contributed by atoms with Gasteiger partial charge in [0.05, 0.1) is 12.7 Å². The van der Waals surface area contributed by atoms with Crippen molar-refractivity contribution in [2.24, 2.45) is 16.3 Å². The van der Waals surface area contributed by atoms with Crippen LogP contribution in [0.5, 0.6) is 0 Å². The van der Waals surface area contributed by atoms with E-state index in [0.717, 1.165) is 32.0 Å². The van der Waals surface area contributed by atoms with Gasteiger partial charge in [0.25, 0.3) is 0 Å². The Bertz CT molecular complexity index is 405. The van der Waals surface area contributed by atoms with E-state index < -0.39 is 0 Å². The van der Waals surface area contributed by atoms with Crippen molar-refractivity contribution in [1.29, 1.82) is 0 Å². The van der Waals surface area contributed by atoms with Gasteiger partial charge in [-0.25, -0.2) is 0 Å². The van der Waals surface area contributed by atoms with Gasteiger partial charge >= 0.3 is 5.97 Å². The summed E-state index contributed by atoms with van der Waals surface area (Å²) in [4.78, 5) is 15.6. The lowest BCUT2D eigenvalue weighted by molar-refractivity contribution is -0.143. The third-order valence-corrected chi connectivity index (χ3v) is 4.21. The predicted octanol–water partition coefficient (Wildman–Crippen LogP) is 2.34. The molecule has 140 valence electrons. The van der Waals surface area contributed by atoms with E-state index in [9.17, 15) is 4.79 Å². The van der Waals surface area contributed by atoms with Crippen LogP contribution in [0.2, 0.25) is 0 Å². The topological polar surface area (TPSA) is 72.0 Å². The first-order valence-corrected chi connectivity index (χ1v) is 9.10. The van der Waals surface area contributed by atoms with Crippen LogP contribution in [0.4, 0.5) is 0 Å². The number of ether oxygens (including phenoxy) is 2. The summed E-state index contributed by atoms with van der Waals surface area (Å²) in [6, 6.07) is 0. The summed E-state index contributed by atoms with van der Waals surface area (Å²) in [6.07, 6.45) is 3.72. The van der Waals surface area contributed by atoms with Crippen LogP contribution in [0.15, 0.2) is 4.99 Å². The number of aliphatic imine (C=N–C) groups is 1. The van der Waals surface area contributed by atoms with Crippen molar-refractivity contribution in [2.45, 2.75) is 59.5 Å². The van der Waals surface area contributed by atoms with Crippen LogP contribution < -0.4 is 10.6 Å². The Kier molecular flexibility index (Phi) is 9.11. The molecule has 2 unspecified atom stereocenters. The van der Waals surface area contributed by atoms with Gasteiger partial charge in [-0.3, -0.25) is 9.79 Å². The Hall–Kier alpha value is -1.30. The SMILES string of the molecule is CCOC(=O)CCCNC(=NC)NCC1CCCOC1C(C)(C)C. The normalized spacial score (nSPS) is 22.1. The molecule has 0 aromatic heterocycles. The van der Waals surface area contributed by atoms with Gasteiger partial charge in [-0.2, -0.15) is 0 Å². The first kappa shape index (κ1) is 20.7. The minimum atomic E-state index is -0.144. The maximum atomic E-state index is 11.3. The van der Waals surface area contributed by atoms with Crippen molar-refractivity contribution in [3.05, 3.63) is 0 Å². The van der Waals surface area contributed by atoms with E-state index in [0.29, 0.717) is 25.5 Å². The van der Waals surface area contributed by atoms with E-state index in [4.69, 9.17) is 9.47 Å². The second-order valence-electron chi connectivity index (χ2n) is 7.35. The van der Waals surface area contributed by atoms with Gasteiger partial charge in [-0.15, -0.1) is 0 Å². The van der Waals surface area contributed by atoms with Gasteiger partial charge in [-0.05, 0) is 31.6 Å². The van der Waals surface area contributed by atoms with Gasteiger partial charge in [0.1, 0.15) is 0 Å². The third kappa shape index (κ3) is 7.51. The quantitative estimate of drug-likeness (QED) is 0.322. The molecular weight excluding hydrogens is 306 g/mol. The standard InChI is InChI=1S/C18H35N3O3/c1-6-23-15(22)10-7-11-20-17(19-5)21-13-14-9-8-12-24-16(14)18(2,3)4/h14,16H,6-13H2,1-5H3,(H2,19,20,21). The number of nitrogens with zero attached hydrogens (tertiary/aromatic N) is 1. The summed E-state index contributed by atoms with van der Waals surface area (Å²) >= 11 is 0. The number of carbonyl (C=O) groups excluding carboxylic acids is 1. The highest BCUT2D eigenvalue weighted by molar-refractivity contribution is 5.79. The molecule has 2 N–H and O–H groups in total. The summed E-state index contributed by atoms with van der Waals surface area (Å²) in [5.74, 6) is 1.11. The fraction of sp³-hybridized carbons (Fsp3) is 0.889. The Morgan fingerprint density at radius 2 is 2.08 bits per heavy atom. The molecule has 0 radical (unpaired) electrons. The maximum Gasteiger partial charge on any atom is 0.305 e. The highest BCUT2D eigenvalue weighted by Crippen LogP contribution is 2.33. The molecule has 6 heteroatoms. The predicted molar refractivity (Wildman–Crippen MR) is 97.2 cm³/mol. The molecule has 0 bridgehead atoms. The van der Waals surface area contributed by atoms with Gasteiger partial charge in [0, 0.05) is 39.1 Å². The molecular formula is C18H35N3O3. The van der Waals surface area contributed by atoms with E-state index in [-0.39, 0.29) is 17.5 Å². The van der Waals surface area contributed by atoms with Crippen LogP contribution >= 0.6 is 0 Å². The number of esters is 1. The summed E-state index contributed by atoms with van der Waals surface area (Å²) in [7, 11) is 1.76. The van der Waals surface area contributed by atoms with Crippen LogP contribution in [0.1, 0.15) is 53.4 Å². The Morgan fingerprint density at radius 3 is 2.71 bits per heavy atom. The zero-order chi connectivity index (χ0) is 18.0. The molecule has 0 aromatic carbocycles. The lowest BCUT2D eigenvalue weighted by atomic mass is 9.78. The molecule has 24 heavy (non-hydrogen) atoms. The highest BCUT2D eigenvalue weighted by atomic mass is 16.5. The molecule has 0 amide bonds. The smallest absolute Gasteiger partial charge is 0.305 e. The molecule has 2 atom stereocenters. The van der Waals surface area contributed by atoms with Crippen LogP contribution in [0.3, 0.4) is 0 Å². The number of rotatable bonds is 7. The number of hydrogen-bond donors (Lipinski definition) is 2. The van der Waals surface area contributed by atoms with E-state index in [1.54, 1.807) is 7.05 Å². The van der Waals surface area contributed by atoms with E-state index >= 15 is 0 Å². The number of guanidine groups is 1. The summed E-state index contributed by atoms with van der Waals surface area (Å²) in [5, 5.41) is 6.65. The van der Waals surface area contributed by atoms with E-state index in [2.05, 4.69) is 36.4 Å². The monoisotopic (exact) mass is 341 g/mol. The summed E-state index contributed by atoms with van der Waals surface area (Å²) in [5.41, 5.74) is 0.142. The molecule has 1 aliphatic heterocycles. The van der Waals surface area contributed by atoms with Crippen LogP contribution in [0.25, 0.3) is 0 Å². The minimum absolute atomic E-state index is 0.142. The van der Waals surface area contributed by atoms with Crippen molar-refractivity contribution < 1.29 is 14.3 Å². The Morgan fingerprint density at radius 1 is 1.33 bits per heavy atom. The van der Waals surface area contributed by atoms with Gasteiger partial charge in [0.2, 0.25) is 0 Å². The van der Waals surface area contributed by atoms with Crippen molar-refractivity contribution in [3.63, 3.8) is 0 Å². The molecule has 1 rings (SSSR count). The second kappa shape index (κ2) is 10.5. The molecule has 1 saturated heterocycles. The Labute approximate surface area is 146 Å². The molecule has 1 heterocycles. The van der Waals surface area contributed by atoms with Gasteiger partial charge in [-0.1, -0.05) is 20.8 Å². The molecule has 0 aromatic rings. The van der Waals surface area contributed by atoms with E-state index in [1.165, 1.54) is 6.42 Å². The van der Waals surface area contributed by atoms with Crippen molar-refractivity contribution in [1.82, 2.24) is 10.6 Å². The molecule has 0 aliphatic carbocycles. The second-order valence-corrected chi connectivity index (χ2v) is 7.35. The zero-order valence-corrected chi connectivity index (χ0v) is 16.0. The van der Waals surface area contributed by atoms with Crippen molar-refractivity contribution in [3.8, 4) is 0 Å². The lowest BCUT2D eigenvalue weighted by Crippen LogP contribution is -2.47. The molecule has 6 nitrogen and oxygen atoms in total.